The van der Waals surface area contributed by atoms with E-state index in [-0.39, 0.29) is 0 Å². The summed E-state index contributed by atoms with van der Waals surface area (Å²) in [7, 11) is 3.22. The first-order valence-corrected chi connectivity index (χ1v) is 3.75. The average molecular weight is 151 g/mol. The maximum atomic E-state index is 4.69. The molecule has 0 heterocycles. The van der Waals surface area contributed by atoms with Crippen LogP contribution in [0.4, 0.5) is 0 Å². The monoisotopic (exact) mass is 152 g/mol. The molecule has 0 aliphatic heterocycles. The molecule has 44 valence electrons. The van der Waals surface area contributed by atoms with Crippen LogP contribution in [0.5, 0.6) is 0 Å². The molecule has 0 radical (unpaired) electrons. The van der Waals surface area contributed by atoms with Gasteiger partial charge in [0.1, 0.15) is 0 Å². The van der Waals surface area contributed by atoms with E-state index < -0.39 is 0 Å². The van der Waals surface area contributed by atoms with Gasteiger partial charge in [0.25, 0.3) is 0 Å². The number of thiol groups is 1. The molecule has 0 aromatic rings. The SMILES string of the molecule is COB=BB=BB=BB=BS. The van der Waals surface area contributed by atoms with E-state index in [1.54, 1.807) is 20.2 Å². The van der Waals surface area contributed by atoms with Crippen LogP contribution in [0.1, 0.15) is 0 Å². The van der Waals surface area contributed by atoms with Gasteiger partial charge in [-0.1, -0.05) is 0 Å². The fourth-order valence-electron chi connectivity index (χ4n) is 0.430. The Bertz CT molecular complexity index is 183. The van der Waals surface area contributed by atoms with Crippen LogP contribution in [0.3, 0.4) is 0 Å². The first-order valence-electron chi connectivity index (χ1n) is 3.24. The Kier molecular flexibility index (Phi) is 11.3. The molecule has 0 spiro atoms. The van der Waals surface area contributed by atoms with Crippen molar-refractivity contribution in [3.05, 3.63) is 0 Å². The Labute approximate surface area is 77.8 Å². The molecule has 0 aliphatic carbocycles. The minimum atomic E-state index is 1.61. The Morgan fingerprint density at radius 2 is 1.45 bits per heavy atom. The summed E-state index contributed by atoms with van der Waals surface area (Å²) in [6, 6.07) is 0. The summed E-state index contributed by atoms with van der Waals surface area (Å²) in [5, 5.41) is 0. The van der Waals surface area contributed by atoms with E-state index in [9.17, 15) is 0 Å². The Morgan fingerprint density at radius 1 is 0.909 bits per heavy atom. The zero-order valence-corrected chi connectivity index (χ0v) is 7.37. The van der Waals surface area contributed by atoms with Crippen LogP contribution in [-0.4, -0.2) is 60.4 Å². The molecule has 0 fully saturated rings. The molecule has 0 aliphatic rings. The Hall–Kier alpha value is 0.669. The predicted octanol–water partition coefficient (Wildman–Crippen LogP) is -2.57. The first kappa shape index (κ1) is 11.7. The van der Waals surface area contributed by atoms with Crippen LogP contribution in [0.25, 0.3) is 0 Å². The van der Waals surface area contributed by atoms with Crippen molar-refractivity contribution in [2.24, 2.45) is 0 Å². The molecular weight excluding hydrogens is 147 g/mol. The van der Waals surface area contributed by atoms with Gasteiger partial charge in [-0.25, -0.2) is 0 Å². The zero-order chi connectivity index (χ0) is 8.36. The van der Waals surface area contributed by atoms with Gasteiger partial charge in [0.2, 0.25) is 0 Å². The van der Waals surface area contributed by atoms with E-state index in [1.807, 2.05) is 40.2 Å². The van der Waals surface area contributed by atoms with Gasteiger partial charge in [-0.3, -0.25) is 0 Å². The van der Waals surface area contributed by atoms with Crippen LogP contribution < -0.4 is 0 Å². The molecule has 10 heteroatoms. The van der Waals surface area contributed by atoms with Crippen molar-refractivity contribution in [3.8, 4) is 0 Å². The summed E-state index contributed by atoms with van der Waals surface area (Å²) >= 11 is 3.89. The van der Waals surface area contributed by atoms with E-state index in [4.69, 9.17) is 0 Å². The number of hydrogen-bond acceptors (Lipinski definition) is 2. The van der Waals surface area contributed by atoms with Crippen LogP contribution in [0, 0.1) is 0 Å². The molecule has 0 unspecified atom stereocenters. The molecule has 0 saturated heterocycles. The molecular formula is CH4B8OS. The van der Waals surface area contributed by atoms with Gasteiger partial charge >= 0.3 is 77.5 Å². The molecule has 0 N–H and O–H groups in total. The Morgan fingerprint density at radius 3 is 2.00 bits per heavy atom. The Balaban J connectivity index is 3.51. The minimum absolute atomic E-state index is 1.61. The van der Waals surface area contributed by atoms with Gasteiger partial charge in [0.15, 0.2) is 0 Å². The van der Waals surface area contributed by atoms with E-state index in [0.29, 0.717) is 0 Å². The fourth-order valence-corrected chi connectivity index (χ4v) is 0.530. The van der Waals surface area contributed by atoms with Crippen LogP contribution >= 0.6 is 12.5 Å². The topological polar surface area (TPSA) is 9.23 Å². The van der Waals surface area contributed by atoms with E-state index >= 15 is 0 Å². The normalized spacial score (nSPS) is 7.09. The standard InChI is InChI=1S/CH4B8OS/c1-10-8-6-4-2-3-5-7-9-11/h11H,1H3. The summed E-state index contributed by atoms with van der Waals surface area (Å²) in [6.45, 7) is 11.2. The molecule has 0 aromatic heterocycles. The van der Waals surface area contributed by atoms with Crippen LogP contribution in [-0.2, 0) is 4.65 Å². The van der Waals surface area contributed by atoms with Crippen molar-refractivity contribution in [2.75, 3.05) is 7.11 Å². The van der Waals surface area contributed by atoms with Crippen LogP contribution in [0.2, 0.25) is 0 Å². The average Bonchev–Trinajstić information content (AvgIpc) is 2.03. The first-order chi connectivity index (χ1) is 5.41. The van der Waals surface area contributed by atoms with Gasteiger partial charge in [-0.2, -0.15) is 0 Å². The second kappa shape index (κ2) is 10.7. The third-order valence-electron chi connectivity index (χ3n) is 0.856. The summed E-state index contributed by atoms with van der Waals surface area (Å²) in [6.07, 6.45) is 1.68. The third kappa shape index (κ3) is 10.7. The van der Waals surface area contributed by atoms with Crippen molar-refractivity contribution in [2.45, 2.75) is 0 Å². The number of hydrogen-bond donors (Lipinski definition) is 1. The molecule has 0 rings (SSSR count). The summed E-state index contributed by atoms with van der Waals surface area (Å²) in [5.41, 5.74) is 0. The second-order valence-corrected chi connectivity index (χ2v) is 1.97. The van der Waals surface area contributed by atoms with Crippen molar-refractivity contribution in [3.63, 3.8) is 0 Å². The van der Waals surface area contributed by atoms with E-state index in [1.165, 1.54) is 0 Å². The second-order valence-electron chi connectivity index (χ2n) is 1.68. The molecule has 0 saturated carbocycles. The van der Waals surface area contributed by atoms with Crippen LogP contribution in [0.15, 0.2) is 0 Å². The van der Waals surface area contributed by atoms with Crippen molar-refractivity contribution in [1.82, 2.24) is 0 Å². The van der Waals surface area contributed by atoms with E-state index in [2.05, 4.69) is 17.1 Å². The van der Waals surface area contributed by atoms with E-state index in [0.717, 1.165) is 0 Å². The predicted molar refractivity (Wildman–Crippen MR) is 62.0 cm³/mol. The number of rotatable bonds is 4. The zero-order valence-electron chi connectivity index (χ0n) is 6.47. The summed E-state index contributed by atoms with van der Waals surface area (Å²) < 4.78 is 4.69. The quantitative estimate of drug-likeness (QED) is 0.343. The summed E-state index contributed by atoms with van der Waals surface area (Å²) in [5.74, 6) is 0. The molecule has 0 aromatic carbocycles. The molecule has 1 nitrogen and oxygen atoms in total. The van der Waals surface area contributed by atoms with Gasteiger partial charge in [-0.15, -0.1) is 0 Å². The van der Waals surface area contributed by atoms with Gasteiger partial charge in [0, 0.05) is 0 Å². The summed E-state index contributed by atoms with van der Waals surface area (Å²) in [4.78, 5) is 0. The molecule has 0 amide bonds. The fraction of sp³-hybridized carbons (Fsp3) is 1.00. The van der Waals surface area contributed by atoms with Crippen molar-refractivity contribution >= 4 is 65.7 Å². The van der Waals surface area contributed by atoms with Crippen molar-refractivity contribution < 1.29 is 4.65 Å². The molecule has 11 heavy (non-hydrogen) atoms. The van der Waals surface area contributed by atoms with Gasteiger partial charge in [-0.05, 0) is 0 Å². The van der Waals surface area contributed by atoms with Gasteiger partial charge < -0.3 is 0 Å². The van der Waals surface area contributed by atoms with Gasteiger partial charge in [0.05, 0.1) is 0 Å². The molecule has 0 atom stereocenters. The third-order valence-corrected chi connectivity index (χ3v) is 1.03. The van der Waals surface area contributed by atoms with Crippen molar-refractivity contribution in [1.29, 1.82) is 0 Å². The molecule has 0 bridgehead atoms. The maximum absolute atomic E-state index is 4.69.